The molecule has 5 aromatic rings. The van der Waals surface area contributed by atoms with Gasteiger partial charge in [0.05, 0.1) is 17.3 Å². The molecule has 2 aromatic carbocycles. The number of imidazole rings is 1. The third-order valence-electron chi connectivity index (χ3n) is 5.29. The molecule has 2 N–H and O–H groups in total. The average molecular weight is 553 g/mol. The molecule has 3 heterocycles. The maximum Gasteiger partial charge on any atom is 0.416 e. The lowest BCUT2D eigenvalue weighted by Crippen LogP contribution is -2.13. The number of pyridine rings is 1. The number of hydrogen-bond acceptors (Lipinski definition) is 6. The van der Waals surface area contributed by atoms with Crippen LogP contribution in [0.5, 0.6) is 11.6 Å². The number of carbonyl (C=O) groups excluding carboxylic acids is 2. The van der Waals surface area contributed by atoms with Gasteiger partial charge in [0.15, 0.2) is 11.5 Å². The largest absolute Gasteiger partial charge is 0.438 e. The fourth-order valence-corrected chi connectivity index (χ4v) is 3.59. The van der Waals surface area contributed by atoms with Crippen LogP contribution in [0.15, 0.2) is 85.2 Å². The average Bonchev–Trinajstić information content (AvgIpc) is 3.30. The van der Waals surface area contributed by atoms with E-state index in [0.717, 1.165) is 12.1 Å². The van der Waals surface area contributed by atoms with Crippen LogP contribution in [-0.4, -0.2) is 31.4 Å². The molecule has 0 saturated heterocycles. The van der Waals surface area contributed by atoms with Crippen LogP contribution in [0.4, 0.5) is 24.7 Å². The van der Waals surface area contributed by atoms with Crippen molar-refractivity contribution in [1.82, 2.24) is 19.6 Å². The lowest BCUT2D eigenvalue weighted by molar-refractivity contribution is -0.137. The zero-order valence-electron chi connectivity index (χ0n) is 19.6. The van der Waals surface area contributed by atoms with Gasteiger partial charge in [-0.25, -0.2) is 14.5 Å². The Labute approximate surface area is 223 Å². The number of hydrogen-bond donors (Lipinski definition) is 2. The highest BCUT2D eigenvalue weighted by molar-refractivity contribution is 6.29. The van der Waals surface area contributed by atoms with Crippen molar-refractivity contribution in [2.24, 2.45) is 0 Å². The Bertz CT molecular complexity index is 1690. The van der Waals surface area contributed by atoms with Crippen LogP contribution in [0.25, 0.3) is 5.65 Å². The summed E-state index contributed by atoms with van der Waals surface area (Å²) in [5, 5.41) is 9.78. The van der Waals surface area contributed by atoms with Crippen LogP contribution in [0.2, 0.25) is 5.15 Å². The normalized spacial score (nSPS) is 11.3. The molecule has 0 aliphatic rings. The Morgan fingerprint density at radius 2 is 1.69 bits per heavy atom. The van der Waals surface area contributed by atoms with E-state index in [1.165, 1.54) is 47.2 Å². The predicted molar refractivity (Wildman–Crippen MR) is 136 cm³/mol. The standard InChI is InChI=1S/C26H16ClF3N6O3/c27-20-8-7-16(13-31-20)25(38)34-21-14-36-22(33-21)9-10-23(35-36)39-19-6-2-5-18(12-19)32-24(37)15-3-1-4-17(11-15)26(28,29)30/h1-14H,(H,32,37)(H,34,38). The zero-order chi connectivity index (χ0) is 27.6. The number of anilines is 2. The summed E-state index contributed by atoms with van der Waals surface area (Å²) in [6, 6.07) is 16.6. The second-order valence-corrected chi connectivity index (χ2v) is 8.47. The molecule has 0 fully saturated rings. The molecule has 0 atom stereocenters. The number of carbonyl (C=O) groups is 2. The van der Waals surface area contributed by atoms with Crippen molar-refractivity contribution in [3.05, 3.63) is 107 Å². The van der Waals surface area contributed by atoms with E-state index in [1.54, 1.807) is 30.3 Å². The van der Waals surface area contributed by atoms with Gasteiger partial charge < -0.3 is 15.4 Å². The monoisotopic (exact) mass is 552 g/mol. The van der Waals surface area contributed by atoms with Crippen molar-refractivity contribution in [3.63, 3.8) is 0 Å². The maximum atomic E-state index is 13.0. The molecule has 0 radical (unpaired) electrons. The van der Waals surface area contributed by atoms with Crippen LogP contribution >= 0.6 is 11.6 Å². The van der Waals surface area contributed by atoms with Gasteiger partial charge in [0.2, 0.25) is 5.88 Å². The van der Waals surface area contributed by atoms with Gasteiger partial charge in [-0.05, 0) is 48.5 Å². The van der Waals surface area contributed by atoms with Crippen LogP contribution in [0.3, 0.4) is 0 Å². The van der Waals surface area contributed by atoms with E-state index >= 15 is 0 Å². The zero-order valence-corrected chi connectivity index (χ0v) is 20.4. The number of rotatable bonds is 6. The molecule has 0 saturated carbocycles. The van der Waals surface area contributed by atoms with Gasteiger partial charge in [0.1, 0.15) is 10.9 Å². The predicted octanol–water partition coefficient (Wildman–Crippen LogP) is 6.09. The fraction of sp³-hybridized carbons (Fsp3) is 0.0385. The smallest absolute Gasteiger partial charge is 0.416 e. The molecule has 9 nitrogen and oxygen atoms in total. The highest BCUT2D eigenvalue weighted by atomic mass is 35.5. The summed E-state index contributed by atoms with van der Waals surface area (Å²) >= 11 is 5.75. The topological polar surface area (TPSA) is 111 Å². The molecule has 5 rings (SSSR count). The minimum atomic E-state index is -4.56. The Morgan fingerprint density at radius 3 is 2.46 bits per heavy atom. The number of nitrogens with zero attached hydrogens (tertiary/aromatic N) is 4. The second kappa shape index (κ2) is 10.4. The van der Waals surface area contributed by atoms with Crippen LogP contribution in [0, 0.1) is 0 Å². The van der Waals surface area contributed by atoms with Crippen molar-refractivity contribution in [2.75, 3.05) is 10.6 Å². The fourth-order valence-electron chi connectivity index (χ4n) is 3.48. The van der Waals surface area contributed by atoms with Gasteiger partial charge in [-0.15, -0.1) is 5.10 Å². The highest BCUT2D eigenvalue weighted by Gasteiger charge is 2.30. The Kier molecular flexibility index (Phi) is 6.86. The Balaban J connectivity index is 1.27. The minimum Gasteiger partial charge on any atom is -0.438 e. The number of alkyl halides is 3. The minimum absolute atomic E-state index is 0.140. The lowest BCUT2D eigenvalue weighted by atomic mass is 10.1. The number of fused-ring (bicyclic) bond motifs is 1. The molecule has 3 aromatic heterocycles. The van der Waals surface area contributed by atoms with E-state index in [-0.39, 0.29) is 22.4 Å². The number of ether oxygens (including phenoxy) is 1. The van der Waals surface area contributed by atoms with Gasteiger partial charge in [-0.2, -0.15) is 13.2 Å². The molecule has 0 aliphatic heterocycles. The van der Waals surface area contributed by atoms with Crippen molar-refractivity contribution < 1.29 is 27.5 Å². The number of nitrogens with one attached hydrogen (secondary N) is 2. The van der Waals surface area contributed by atoms with Crippen molar-refractivity contribution in [2.45, 2.75) is 6.18 Å². The number of amides is 2. The Morgan fingerprint density at radius 1 is 0.897 bits per heavy atom. The van der Waals surface area contributed by atoms with Gasteiger partial charge in [0, 0.05) is 29.6 Å². The summed E-state index contributed by atoms with van der Waals surface area (Å²) < 4.78 is 46.1. The van der Waals surface area contributed by atoms with Gasteiger partial charge in [-0.1, -0.05) is 23.7 Å². The molecule has 0 bridgehead atoms. The SMILES string of the molecule is O=C(Nc1cccc(Oc2ccc3nc(NC(=O)c4ccc(Cl)nc4)cn3n2)c1)c1cccc(C(F)(F)F)c1. The first-order chi connectivity index (χ1) is 18.6. The first-order valence-electron chi connectivity index (χ1n) is 11.2. The number of halogens is 4. The van der Waals surface area contributed by atoms with E-state index in [4.69, 9.17) is 16.3 Å². The van der Waals surface area contributed by atoms with E-state index in [2.05, 4.69) is 25.7 Å². The van der Waals surface area contributed by atoms with Crippen LogP contribution < -0.4 is 15.4 Å². The quantitative estimate of drug-likeness (QED) is 0.247. The summed E-state index contributed by atoms with van der Waals surface area (Å²) in [6.07, 6.45) is -1.73. The molecule has 39 heavy (non-hydrogen) atoms. The van der Waals surface area contributed by atoms with Crippen molar-refractivity contribution in [3.8, 4) is 11.6 Å². The molecule has 196 valence electrons. The first-order valence-corrected chi connectivity index (χ1v) is 11.6. The molecule has 0 aliphatic carbocycles. The van der Waals surface area contributed by atoms with Crippen LogP contribution in [0.1, 0.15) is 26.3 Å². The second-order valence-electron chi connectivity index (χ2n) is 8.09. The van der Waals surface area contributed by atoms with Crippen molar-refractivity contribution >= 4 is 40.6 Å². The van der Waals surface area contributed by atoms with E-state index in [0.29, 0.717) is 22.6 Å². The highest BCUT2D eigenvalue weighted by Crippen LogP contribution is 2.30. The molecule has 2 amide bonds. The van der Waals surface area contributed by atoms with E-state index < -0.39 is 23.6 Å². The summed E-state index contributed by atoms with van der Waals surface area (Å²) in [4.78, 5) is 33.1. The van der Waals surface area contributed by atoms with E-state index in [1.807, 2.05) is 0 Å². The molecule has 0 unspecified atom stereocenters. The summed E-state index contributed by atoms with van der Waals surface area (Å²) in [5.74, 6) is -0.393. The summed E-state index contributed by atoms with van der Waals surface area (Å²) in [6.45, 7) is 0. The molecular weight excluding hydrogens is 537 g/mol. The van der Waals surface area contributed by atoms with E-state index in [9.17, 15) is 22.8 Å². The van der Waals surface area contributed by atoms with Crippen LogP contribution in [-0.2, 0) is 6.18 Å². The lowest BCUT2D eigenvalue weighted by Gasteiger charge is -2.10. The summed E-state index contributed by atoms with van der Waals surface area (Å²) in [7, 11) is 0. The van der Waals surface area contributed by atoms with Gasteiger partial charge in [0.25, 0.3) is 11.8 Å². The number of benzene rings is 2. The molecular formula is C26H16ClF3N6O3. The first kappa shape index (κ1) is 25.7. The van der Waals surface area contributed by atoms with Gasteiger partial charge in [-0.3, -0.25) is 9.59 Å². The molecule has 13 heteroatoms. The van der Waals surface area contributed by atoms with Crippen molar-refractivity contribution in [1.29, 1.82) is 0 Å². The molecule has 0 spiro atoms. The summed E-state index contributed by atoms with van der Waals surface area (Å²) in [5.41, 5.74) is -0.0146. The van der Waals surface area contributed by atoms with Gasteiger partial charge >= 0.3 is 6.18 Å². The number of aromatic nitrogens is 4. The third-order valence-corrected chi connectivity index (χ3v) is 5.52. The third kappa shape index (κ3) is 6.13. The maximum absolute atomic E-state index is 13.0. The Hall–Kier alpha value is -4.97.